The van der Waals surface area contributed by atoms with Crippen LogP contribution in [0.3, 0.4) is 0 Å². The van der Waals surface area contributed by atoms with Crippen molar-refractivity contribution < 1.29 is 24.3 Å². The highest BCUT2D eigenvalue weighted by atomic mass is 16.4. The van der Waals surface area contributed by atoms with Gasteiger partial charge in [0.05, 0.1) is 6.04 Å². The number of carboxylic acid groups (broad SMARTS) is 1. The van der Waals surface area contributed by atoms with E-state index in [1.807, 2.05) is 13.8 Å². The maximum atomic E-state index is 12.8. The van der Waals surface area contributed by atoms with Gasteiger partial charge in [-0.1, -0.05) is 20.3 Å². The summed E-state index contributed by atoms with van der Waals surface area (Å²) in [5.41, 5.74) is 0. The Hall–Kier alpha value is -2.16. The molecule has 27 heavy (non-hydrogen) atoms. The fourth-order valence-electron chi connectivity index (χ4n) is 3.62. The van der Waals surface area contributed by atoms with E-state index in [1.165, 1.54) is 0 Å². The molecule has 4 N–H and O–H groups in total. The van der Waals surface area contributed by atoms with Crippen molar-refractivity contribution in [3.63, 3.8) is 0 Å². The van der Waals surface area contributed by atoms with Gasteiger partial charge in [-0.05, 0) is 38.1 Å². The lowest BCUT2D eigenvalue weighted by Gasteiger charge is -2.29. The predicted octanol–water partition coefficient (Wildman–Crippen LogP) is -0.539. The summed E-state index contributed by atoms with van der Waals surface area (Å²) in [6.45, 7) is 4.56. The number of amides is 3. The van der Waals surface area contributed by atoms with Gasteiger partial charge in [0.1, 0.15) is 18.6 Å². The van der Waals surface area contributed by atoms with Gasteiger partial charge in [-0.25, -0.2) is 0 Å². The van der Waals surface area contributed by atoms with Crippen molar-refractivity contribution in [1.82, 2.24) is 20.9 Å². The molecule has 9 heteroatoms. The Morgan fingerprint density at radius 3 is 2.56 bits per heavy atom. The van der Waals surface area contributed by atoms with E-state index in [1.54, 1.807) is 4.90 Å². The SMILES string of the molecule is CCC(C)C(NC(=O)C1CCCN1C(=O)C1CCCN1)C(=O)NCC(=O)O. The Morgan fingerprint density at radius 1 is 1.22 bits per heavy atom. The van der Waals surface area contributed by atoms with Crippen LogP contribution in [0.15, 0.2) is 0 Å². The Bertz CT molecular complexity index is 576. The smallest absolute Gasteiger partial charge is 0.322 e. The van der Waals surface area contributed by atoms with Crippen LogP contribution in [-0.4, -0.2) is 71.5 Å². The summed E-state index contributed by atoms with van der Waals surface area (Å²) >= 11 is 0. The maximum absolute atomic E-state index is 12.8. The third-order valence-electron chi connectivity index (χ3n) is 5.40. The maximum Gasteiger partial charge on any atom is 0.322 e. The normalized spacial score (nSPS) is 24.3. The highest BCUT2D eigenvalue weighted by Gasteiger charge is 2.39. The largest absolute Gasteiger partial charge is 0.480 e. The summed E-state index contributed by atoms with van der Waals surface area (Å²) in [6, 6.07) is -1.65. The van der Waals surface area contributed by atoms with Crippen LogP contribution in [0.4, 0.5) is 0 Å². The van der Waals surface area contributed by atoms with Crippen LogP contribution < -0.4 is 16.0 Å². The number of aliphatic carboxylic acids is 1. The van der Waals surface area contributed by atoms with Crippen molar-refractivity contribution in [2.24, 2.45) is 5.92 Å². The van der Waals surface area contributed by atoms with Crippen LogP contribution >= 0.6 is 0 Å². The number of carbonyl (C=O) groups excluding carboxylic acids is 3. The molecule has 0 saturated carbocycles. The van der Waals surface area contributed by atoms with Crippen molar-refractivity contribution in [1.29, 1.82) is 0 Å². The summed E-state index contributed by atoms with van der Waals surface area (Å²) < 4.78 is 0. The Morgan fingerprint density at radius 2 is 1.96 bits per heavy atom. The Balaban J connectivity index is 2.02. The van der Waals surface area contributed by atoms with Crippen LogP contribution in [0.2, 0.25) is 0 Å². The van der Waals surface area contributed by atoms with Crippen LogP contribution in [0.25, 0.3) is 0 Å². The third kappa shape index (κ3) is 5.41. The van der Waals surface area contributed by atoms with Gasteiger partial charge in [0, 0.05) is 6.54 Å². The van der Waals surface area contributed by atoms with E-state index in [0.717, 1.165) is 25.8 Å². The number of carboxylic acids is 1. The average molecular weight is 382 g/mol. The molecule has 0 radical (unpaired) electrons. The molecule has 4 unspecified atom stereocenters. The molecular formula is C18H30N4O5. The van der Waals surface area contributed by atoms with Gasteiger partial charge < -0.3 is 26.0 Å². The summed E-state index contributed by atoms with van der Waals surface area (Å²) in [6.07, 6.45) is 3.67. The molecule has 2 aliphatic rings. The minimum Gasteiger partial charge on any atom is -0.480 e. The Kier molecular flexibility index (Phi) is 7.58. The molecule has 0 aromatic heterocycles. The zero-order chi connectivity index (χ0) is 20.0. The summed E-state index contributed by atoms with van der Waals surface area (Å²) in [7, 11) is 0. The molecule has 0 aromatic rings. The molecule has 2 aliphatic heterocycles. The van der Waals surface area contributed by atoms with Crippen LogP contribution in [0, 0.1) is 5.92 Å². The van der Waals surface area contributed by atoms with Crippen molar-refractivity contribution in [2.75, 3.05) is 19.6 Å². The molecule has 9 nitrogen and oxygen atoms in total. The van der Waals surface area contributed by atoms with Gasteiger partial charge in [-0.2, -0.15) is 0 Å². The molecule has 3 amide bonds. The zero-order valence-corrected chi connectivity index (χ0v) is 16.0. The Labute approximate surface area is 159 Å². The first kappa shape index (κ1) is 21.1. The molecule has 2 heterocycles. The van der Waals surface area contributed by atoms with Crippen LogP contribution in [-0.2, 0) is 19.2 Å². The number of rotatable bonds is 8. The molecule has 0 bridgehead atoms. The lowest BCUT2D eigenvalue weighted by molar-refractivity contribution is -0.141. The molecule has 0 spiro atoms. The molecule has 4 atom stereocenters. The number of hydrogen-bond acceptors (Lipinski definition) is 5. The van der Waals surface area contributed by atoms with Gasteiger partial charge in [-0.15, -0.1) is 0 Å². The molecule has 152 valence electrons. The summed E-state index contributed by atoms with van der Waals surface area (Å²) in [4.78, 5) is 50.2. The number of hydrogen-bond donors (Lipinski definition) is 4. The van der Waals surface area contributed by atoms with E-state index in [2.05, 4.69) is 16.0 Å². The van der Waals surface area contributed by atoms with Gasteiger partial charge in [0.2, 0.25) is 17.7 Å². The number of carbonyl (C=O) groups is 4. The number of nitrogens with one attached hydrogen (secondary N) is 3. The van der Waals surface area contributed by atoms with Crippen molar-refractivity contribution in [3.05, 3.63) is 0 Å². The molecule has 0 aliphatic carbocycles. The first-order valence-corrected chi connectivity index (χ1v) is 9.68. The summed E-state index contributed by atoms with van der Waals surface area (Å²) in [5.74, 6) is -2.23. The lowest BCUT2D eigenvalue weighted by Crippen LogP contribution is -2.57. The molecular weight excluding hydrogens is 352 g/mol. The minimum atomic E-state index is -1.14. The number of nitrogens with zero attached hydrogens (tertiary/aromatic N) is 1. The third-order valence-corrected chi connectivity index (χ3v) is 5.40. The fourth-order valence-corrected chi connectivity index (χ4v) is 3.62. The first-order valence-electron chi connectivity index (χ1n) is 9.68. The van der Waals surface area contributed by atoms with Gasteiger partial charge >= 0.3 is 5.97 Å². The van der Waals surface area contributed by atoms with E-state index in [0.29, 0.717) is 19.4 Å². The topological polar surface area (TPSA) is 128 Å². The molecule has 0 aromatic carbocycles. The first-order chi connectivity index (χ1) is 12.8. The fraction of sp³-hybridized carbons (Fsp3) is 0.778. The van der Waals surface area contributed by atoms with Crippen LogP contribution in [0.1, 0.15) is 46.0 Å². The van der Waals surface area contributed by atoms with Gasteiger partial charge in [0.15, 0.2) is 0 Å². The monoisotopic (exact) mass is 382 g/mol. The molecule has 2 rings (SSSR count). The highest BCUT2D eigenvalue weighted by molar-refractivity contribution is 5.94. The lowest BCUT2D eigenvalue weighted by atomic mass is 9.97. The van der Waals surface area contributed by atoms with E-state index >= 15 is 0 Å². The standard InChI is InChI=1S/C18H30N4O5/c1-3-11(2)15(17(26)20-10-14(23)24)21-16(25)13-7-5-9-22(13)18(27)12-6-4-8-19-12/h11-13,15,19H,3-10H2,1-2H3,(H,20,26)(H,21,25)(H,23,24). The van der Waals surface area contributed by atoms with E-state index in [-0.39, 0.29) is 23.8 Å². The quantitative estimate of drug-likeness (QED) is 0.446. The molecule has 2 saturated heterocycles. The molecule has 2 fully saturated rings. The van der Waals surface area contributed by atoms with Gasteiger partial charge in [0.25, 0.3) is 0 Å². The number of likely N-dealkylation sites (tertiary alicyclic amines) is 1. The van der Waals surface area contributed by atoms with E-state index in [4.69, 9.17) is 5.11 Å². The van der Waals surface area contributed by atoms with Crippen LogP contribution in [0.5, 0.6) is 0 Å². The second-order valence-electron chi connectivity index (χ2n) is 7.32. The highest BCUT2D eigenvalue weighted by Crippen LogP contribution is 2.21. The van der Waals surface area contributed by atoms with Crippen molar-refractivity contribution >= 4 is 23.7 Å². The summed E-state index contributed by atoms with van der Waals surface area (Å²) in [5, 5.41) is 17.0. The van der Waals surface area contributed by atoms with E-state index < -0.39 is 30.5 Å². The van der Waals surface area contributed by atoms with Crippen molar-refractivity contribution in [3.8, 4) is 0 Å². The van der Waals surface area contributed by atoms with E-state index in [9.17, 15) is 19.2 Å². The van der Waals surface area contributed by atoms with Crippen molar-refractivity contribution in [2.45, 2.75) is 64.1 Å². The average Bonchev–Trinajstić information content (AvgIpc) is 3.34. The predicted molar refractivity (Wildman–Crippen MR) is 97.8 cm³/mol. The second kappa shape index (κ2) is 9.68. The second-order valence-corrected chi connectivity index (χ2v) is 7.32. The minimum absolute atomic E-state index is 0.0550. The zero-order valence-electron chi connectivity index (χ0n) is 16.0. The van der Waals surface area contributed by atoms with Gasteiger partial charge in [-0.3, -0.25) is 19.2 Å².